The molecule has 0 fully saturated rings. The molecule has 184 valence electrons. The van der Waals surface area contributed by atoms with Gasteiger partial charge in [0.2, 0.25) is 5.89 Å². The Morgan fingerprint density at radius 2 is 2.00 bits per heavy atom. The molecule has 1 N–H and O–H groups in total. The van der Waals surface area contributed by atoms with Gasteiger partial charge in [0.05, 0.1) is 0 Å². The summed E-state index contributed by atoms with van der Waals surface area (Å²) >= 11 is 1.55. The van der Waals surface area contributed by atoms with E-state index in [9.17, 15) is 13.5 Å². The number of oxazole rings is 1. The van der Waals surface area contributed by atoms with Crippen molar-refractivity contribution in [2.24, 2.45) is 0 Å². The molecule has 0 saturated heterocycles. The number of hydrogen-bond donors (Lipinski definition) is 1. The molecule has 9 nitrogen and oxygen atoms in total. The molecule has 0 amide bonds. The van der Waals surface area contributed by atoms with Crippen LogP contribution < -0.4 is 9.64 Å². The summed E-state index contributed by atoms with van der Waals surface area (Å²) in [5.74, 6) is 0.568. The number of rotatable bonds is 9. The molecule has 0 aliphatic heterocycles. The average Bonchev–Trinajstić information content (AvgIpc) is 3.43. The number of phenolic OH excluding ortho intramolecular Hbond substituents is 1. The largest absolute Gasteiger partial charge is 0.506 e. The summed E-state index contributed by atoms with van der Waals surface area (Å²) in [4.78, 5) is 11.4. The molecule has 35 heavy (non-hydrogen) atoms. The molecular weight excluding hydrogens is 490 g/mol. The Morgan fingerprint density at radius 1 is 1.20 bits per heavy atom. The minimum atomic E-state index is -4.13. The van der Waals surface area contributed by atoms with E-state index in [1.54, 1.807) is 61.7 Å². The van der Waals surface area contributed by atoms with Gasteiger partial charge in [-0.05, 0) is 49.8 Å². The molecule has 2 aromatic carbocycles. The van der Waals surface area contributed by atoms with Crippen LogP contribution in [0.4, 0.5) is 5.13 Å². The average molecular weight is 516 g/mol. The summed E-state index contributed by atoms with van der Waals surface area (Å²) in [6, 6.07) is 9.44. The summed E-state index contributed by atoms with van der Waals surface area (Å²) in [7, 11) is -0.255. The molecule has 1 unspecified atom stereocenters. The van der Waals surface area contributed by atoms with E-state index in [4.69, 9.17) is 13.3 Å². The highest BCUT2D eigenvalue weighted by molar-refractivity contribution is 7.86. The third kappa shape index (κ3) is 5.99. The van der Waals surface area contributed by atoms with E-state index in [0.29, 0.717) is 22.7 Å². The van der Waals surface area contributed by atoms with Gasteiger partial charge in [-0.2, -0.15) is 8.42 Å². The number of benzene rings is 2. The Bertz CT molecular complexity index is 1470. The molecule has 0 bridgehead atoms. The van der Waals surface area contributed by atoms with Crippen molar-refractivity contribution in [3.8, 4) is 11.5 Å². The van der Waals surface area contributed by atoms with E-state index in [1.807, 2.05) is 25.1 Å². The molecule has 0 aliphatic carbocycles. The van der Waals surface area contributed by atoms with E-state index in [1.165, 1.54) is 12.1 Å². The number of aromatic nitrogens is 2. The molecule has 4 rings (SSSR count). The van der Waals surface area contributed by atoms with Crippen LogP contribution in [0.25, 0.3) is 23.3 Å². The van der Waals surface area contributed by atoms with Crippen LogP contribution in [0.5, 0.6) is 11.5 Å². The summed E-state index contributed by atoms with van der Waals surface area (Å²) in [5, 5.41) is 10.8. The zero-order chi connectivity index (χ0) is 25.2. The van der Waals surface area contributed by atoms with Gasteiger partial charge in [0, 0.05) is 37.3 Å². The van der Waals surface area contributed by atoms with Gasteiger partial charge in [0.25, 0.3) is 0 Å². The lowest BCUT2D eigenvalue weighted by Gasteiger charge is -2.15. The lowest BCUT2D eigenvalue weighted by atomic mass is 10.2. The summed E-state index contributed by atoms with van der Waals surface area (Å²) in [6.45, 7) is 3.20. The van der Waals surface area contributed by atoms with E-state index >= 15 is 0 Å². The summed E-state index contributed by atoms with van der Waals surface area (Å²) in [5.41, 5.74) is 1.93. The highest BCUT2D eigenvalue weighted by Gasteiger charge is 2.21. The fourth-order valence-electron chi connectivity index (χ4n) is 3.14. The Morgan fingerprint density at radius 3 is 2.71 bits per heavy atom. The Balaban J connectivity index is 1.39. The highest BCUT2D eigenvalue weighted by atomic mass is 32.2. The van der Waals surface area contributed by atoms with Crippen molar-refractivity contribution in [1.29, 1.82) is 0 Å². The standard InChI is InChI=1S/C24H25N3O6S2/c1-15-5-9-22(20(28)11-15)35(29,30)31-14-16(2)32-17-6-8-19-21(12-17)33-23(26-19)10-7-18-13-25-24(34-18)27(3)4/h5-13,16,28H,14H2,1-4H3. The molecule has 0 radical (unpaired) electrons. The van der Waals surface area contributed by atoms with Crippen molar-refractivity contribution in [3.05, 3.63) is 58.9 Å². The maximum atomic E-state index is 12.4. The molecule has 0 saturated carbocycles. The van der Waals surface area contributed by atoms with Crippen LogP contribution in [0, 0.1) is 6.92 Å². The highest BCUT2D eigenvalue weighted by Crippen LogP contribution is 2.27. The van der Waals surface area contributed by atoms with Crippen molar-refractivity contribution in [1.82, 2.24) is 9.97 Å². The number of aryl methyl sites for hydroxylation is 1. The van der Waals surface area contributed by atoms with E-state index < -0.39 is 16.2 Å². The number of anilines is 1. The molecule has 2 heterocycles. The number of aromatic hydroxyl groups is 1. The van der Waals surface area contributed by atoms with Gasteiger partial charge in [-0.1, -0.05) is 17.4 Å². The monoisotopic (exact) mass is 515 g/mol. The quantitative estimate of drug-likeness (QED) is 0.317. The van der Waals surface area contributed by atoms with Gasteiger partial charge >= 0.3 is 10.1 Å². The lowest BCUT2D eigenvalue weighted by molar-refractivity contribution is 0.146. The van der Waals surface area contributed by atoms with Gasteiger partial charge in [-0.25, -0.2) is 9.97 Å². The second-order valence-corrected chi connectivity index (χ2v) is 10.7. The first-order valence-electron chi connectivity index (χ1n) is 10.7. The second kappa shape index (κ2) is 10.1. The van der Waals surface area contributed by atoms with Crippen molar-refractivity contribution < 1.29 is 26.9 Å². The third-order valence-electron chi connectivity index (χ3n) is 4.84. The molecule has 0 aliphatic rings. The molecule has 2 aromatic heterocycles. The van der Waals surface area contributed by atoms with Gasteiger partial charge in [-0.15, -0.1) is 0 Å². The van der Waals surface area contributed by atoms with Crippen LogP contribution in [0.3, 0.4) is 0 Å². The lowest BCUT2D eigenvalue weighted by Crippen LogP contribution is -2.22. The number of nitrogens with zero attached hydrogens (tertiary/aromatic N) is 3. The minimum Gasteiger partial charge on any atom is -0.506 e. The Labute approximate surface area is 207 Å². The zero-order valence-corrected chi connectivity index (χ0v) is 21.3. The fraction of sp³-hybridized carbons (Fsp3) is 0.250. The maximum Gasteiger partial charge on any atom is 0.300 e. The number of thiazole rings is 1. The van der Waals surface area contributed by atoms with E-state index in [-0.39, 0.29) is 17.3 Å². The first-order valence-corrected chi connectivity index (χ1v) is 12.9. The molecule has 0 spiro atoms. The third-order valence-corrected chi connectivity index (χ3v) is 7.30. The second-order valence-electron chi connectivity index (χ2n) is 8.09. The van der Waals surface area contributed by atoms with Crippen molar-refractivity contribution in [3.63, 3.8) is 0 Å². The molecule has 1 atom stereocenters. The topological polar surface area (TPSA) is 115 Å². The fourth-order valence-corrected chi connectivity index (χ4v) is 4.92. The summed E-state index contributed by atoms with van der Waals surface area (Å²) in [6.07, 6.45) is 4.86. The number of fused-ring (bicyclic) bond motifs is 1. The van der Waals surface area contributed by atoms with Crippen molar-refractivity contribution >= 4 is 49.8 Å². The van der Waals surface area contributed by atoms with Crippen LogP contribution in [0.2, 0.25) is 0 Å². The number of hydrogen-bond acceptors (Lipinski definition) is 10. The van der Waals surface area contributed by atoms with Gasteiger partial charge in [0.1, 0.15) is 34.6 Å². The zero-order valence-electron chi connectivity index (χ0n) is 19.6. The molecular formula is C24H25N3O6S2. The van der Waals surface area contributed by atoms with E-state index in [0.717, 1.165) is 15.6 Å². The summed E-state index contributed by atoms with van der Waals surface area (Å²) < 4.78 is 41.5. The van der Waals surface area contributed by atoms with Gasteiger partial charge in [0.15, 0.2) is 10.7 Å². The predicted molar refractivity (Wildman–Crippen MR) is 135 cm³/mol. The Kier molecular flexibility index (Phi) is 7.10. The first-order chi connectivity index (χ1) is 16.6. The first kappa shape index (κ1) is 24.7. The van der Waals surface area contributed by atoms with Crippen LogP contribution >= 0.6 is 11.3 Å². The minimum absolute atomic E-state index is 0.234. The Hall–Kier alpha value is -3.41. The predicted octanol–water partition coefficient (Wildman–Crippen LogP) is 4.71. The van der Waals surface area contributed by atoms with E-state index in [2.05, 4.69) is 9.97 Å². The van der Waals surface area contributed by atoms with Crippen LogP contribution in [-0.4, -0.2) is 50.3 Å². The van der Waals surface area contributed by atoms with Crippen LogP contribution in [-0.2, 0) is 14.3 Å². The molecule has 4 aromatic rings. The maximum absolute atomic E-state index is 12.4. The number of ether oxygens (including phenoxy) is 1. The van der Waals surface area contributed by atoms with Gasteiger partial charge in [-0.3, -0.25) is 4.18 Å². The smallest absolute Gasteiger partial charge is 0.300 e. The normalized spacial score (nSPS) is 12.9. The number of phenols is 1. The van der Waals surface area contributed by atoms with Crippen LogP contribution in [0.15, 0.2) is 51.9 Å². The SMILES string of the molecule is Cc1ccc(S(=O)(=O)OCC(C)Oc2ccc3nc(C=Cc4cnc(N(C)C)s4)oc3c2)c(O)c1. The molecule has 11 heteroatoms. The van der Waals surface area contributed by atoms with Crippen molar-refractivity contribution in [2.75, 3.05) is 25.6 Å². The van der Waals surface area contributed by atoms with Gasteiger partial charge < -0.3 is 19.2 Å². The van der Waals surface area contributed by atoms with Crippen LogP contribution in [0.1, 0.15) is 23.3 Å². The van der Waals surface area contributed by atoms with Crippen molar-refractivity contribution in [2.45, 2.75) is 24.8 Å².